The fourth-order valence-electron chi connectivity index (χ4n) is 6.10. The fourth-order valence-corrected chi connectivity index (χ4v) is 6.45. The molecule has 0 bridgehead atoms. The Morgan fingerprint density at radius 2 is 1.97 bits per heavy atom. The minimum absolute atomic E-state index is 0. The number of hydrogen-bond acceptors (Lipinski definition) is 6. The van der Waals surface area contributed by atoms with Crippen molar-refractivity contribution < 1.29 is 56.2 Å². The van der Waals surface area contributed by atoms with Crippen LogP contribution >= 0.6 is 0 Å². The number of allylic oxidation sites excluding steroid dienone is 2. The van der Waals surface area contributed by atoms with E-state index >= 15 is 0 Å². The molecule has 4 atom stereocenters. The minimum Gasteiger partial charge on any atom is -0.726 e. The van der Waals surface area contributed by atoms with Crippen LogP contribution in [0.5, 0.6) is 0 Å². The third-order valence-electron chi connectivity index (χ3n) is 8.46. The molecule has 182 valence electrons. The van der Waals surface area contributed by atoms with Crippen LogP contribution in [0.25, 0.3) is 0 Å². The molecule has 0 radical (unpaired) electrons. The topological polar surface area (TPSA) is 92.7 Å². The maximum atomic E-state index is 11.2. The van der Waals surface area contributed by atoms with Gasteiger partial charge in [0.1, 0.15) is 6.61 Å². The van der Waals surface area contributed by atoms with Gasteiger partial charge in [-0.05, 0) is 91.9 Å². The van der Waals surface area contributed by atoms with Crippen LogP contribution in [0.15, 0.2) is 23.3 Å². The molecule has 1 fully saturated rings. The molecule has 0 amide bonds. The van der Waals surface area contributed by atoms with E-state index in [0.29, 0.717) is 23.9 Å². The van der Waals surface area contributed by atoms with Crippen molar-refractivity contribution in [2.75, 3.05) is 13.2 Å². The van der Waals surface area contributed by atoms with Gasteiger partial charge >= 0.3 is 35.5 Å². The summed E-state index contributed by atoms with van der Waals surface area (Å²) in [6, 6.07) is 0. The molecule has 2 aliphatic carbocycles. The SMILES string of the molecule is C[C@H]1CCC2C(=CCCC2(C)C)C1(C)CCC(CCCC1=CC(=O)OC1)COS(=O)(=O)[O-].[Na+]. The van der Waals surface area contributed by atoms with E-state index in [2.05, 4.69) is 38.0 Å². The molecule has 3 aliphatic rings. The predicted octanol–water partition coefficient (Wildman–Crippen LogP) is 2.32. The third kappa shape index (κ3) is 7.65. The van der Waals surface area contributed by atoms with Gasteiger partial charge in [0.05, 0.1) is 6.61 Å². The van der Waals surface area contributed by atoms with Gasteiger partial charge in [0, 0.05) is 6.08 Å². The van der Waals surface area contributed by atoms with Crippen LogP contribution in [0.3, 0.4) is 0 Å². The van der Waals surface area contributed by atoms with Crippen molar-refractivity contribution in [3.63, 3.8) is 0 Å². The van der Waals surface area contributed by atoms with Crippen LogP contribution in [-0.4, -0.2) is 32.2 Å². The number of cyclic esters (lactones) is 1. The molecule has 0 saturated heterocycles. The summed E-state index contributed by atoms with van der Waals surface area (Å²) >= 11 is 0. The van der Waals surface area contributed by atoms with Crippen LogP contribution in [0.1, 0.15) is 85.5 Å². The number of carbonyl (C=O) groups excluding carboxylic acids is 1. The average Bonchev–Trinajstić information content (AvgIpc) is 3.11. The van der Waals surface area contributed by atoms with Crippen LogP contribution in [-0.2, 0) is 24.1 Å². The van der Waals surface area contributed by atoms with E-state index in [1.165, 1.54) is 25.3 Å². The summed E-state index contributed by atoms with van der Waals surface area (Å²) in [6.07, 6.45) is 12.9. The van der Waals surface area contributed by atoms with Crippen LogP contribution in [0.2, 0.25) is 0 Å². The number of carbonyl (C=O) groups is 1. The van der Waals surface area contributed by atoms with Gasteiger partial charge in [-0.25, -0.2) is 13.2 Å². The summed E-state index contributed by atoms with van der Waals surface area (Å²) in [5.74, 6) is 0.866. The van der Waals surface area contributed by atoms with Crippen molar-refractivity contribution in [3.8, 4) is 0 Å². The Morgan fingerprint density at radius 3 is 2.61 bits per heavy atom. The second kappa shape index (κ2) is 11.7. The van der Waals surface area contributed by atoms with E-state index in [1.807, 2.05) is 0 Å². The molecule has 0 spiro atoms. The second-order valence-electron chi connectivity index (χ2n) is 11.0. The molecule has 1 heterocycles. The van der Waals surface area contributed by atoms with Crippen molar-refractivity contribution in [2.24, 2.45) is 28.6 Å². The Balaban J connectivity index is 0.00000385. The molecular formula is C25H39NaO6S. The van der Waals surface area contributed by atoms with Gasteiger partial charge in [0.2, 0.25) is 10.4 Å². The van der Waals surface area contributed by atoms with Crippen molar-refractivity contribution >= 4 is 16.4 Å². The molecule has 0 N–H and O–H groups in total. The molecule has 0 aromatic heterocycles. The van der Waals surface area contributed by atoms with Crippen LogP contribution < -0.4 is 29.6 Å². The van der Waals surface area contributed by atoms with Crippen LogP contribution in [0.4, 0.5) is 0 Å². The summed E-state index contributed by atoms with van der Waals surface area (Å²) in [5, 5.41) is 0. The Kier molecular flexibility index (Phi) is 10.3. The molecule has 0 aromatic carbocycles. The molecule has 1 saturated carbocycles. The molecule has 33 heavy (non-hydrogen) atoms. The molecule has 1 aliphatic heterocycles. The van der Waals surface area contributed by atoms with Gasteiger partial charge in [-0.1, -0.05) is 39.3 Å². The van der Waals surface area contributed by atoms with E-state index in [4.69, 9.17) is 4.74 Å². The Bertz CT molecular complexity index is 862. The smallest absolute Gasteiger partial charge is 0.726 e. The van der Waals surface area contributed by atoms with Gasteiger partial charge in [0.15, 0.2) is 0 Å². The number of fused-ring (bicyclic) bond motifs is 1. The average molecular weight is 491 g/mol. The monoisotopic (exact) mass is 490 g/mol. The van der Waals surface area contributed by atoms with Gasteiger partial charge in [-0.2, -0.15) is 0 Å². The molecule has 6 nitrogen and oxygen atoms in total. The van der Waals surface area contributed by atoms with E-state index < -0.39 is 10.4 Å². The fraction of sp³-hybridized carbons (Fsp3) is 0.800. The first kappa shape index (κ1) is 29.1. The van der Waals surface area contributed by atoms with Crippen LogP contribution in [0, 0.1) is 28.6 Å². The zero-order valence-electron chi connectivity index (χ0n) is 21.0. The number of rotatable bonds is 10. The normalized spacial score (nSPS) is 29.9. The Labute approximate surface area is 222 Å². The Morgan fingerprint density at radius 1 is 1.24 bits per heavy atom. The van der Waals surface area contributed by atoms with Crippen molar-refractivity contribution in [2.45, 2.75) is 85.5 Å². The van der Waals surface area contributed by atoms with Gasteiger partial charge in [0.25, 0.3) is 0 Å². The first-order valence-electron chi connectivity index (χ1n) is 12.1. The van der Waals surface area contributed by atoms with E-state index in [1.54, 1.807) is 5.57 Å². The first-order valence-corrected chi connectivity index (χ1v) is 13.4. The predicted molar refractivity (Wildman–Crippen MR) is 122 cm³/mol. The van der Waals surface area contributed by atoms with E-state index in [-0.39, 0.29) is 53.5 Å². The molecular weight excluding hydrogens is 451 g/mol. The Hall–Kier alpha value is -0.180. The molecule has 0 aromatic rings. The first-order chi connectivity index (χ1) is 14.9. The second-order valence-corrected chi connectivity index (χ2v) is 12.1. The van der Waals surface area contributed by atoms with E-state index in [0.717, 1.165) is 44.1 Å². The van der Waals surface area contributed by atoms with Crippen molar-refractivity contribution in [3.05, 3.63) is 23.3 Å². The summed E-state index contributed by atoms with van der Waals surface area (Å²) in [4.78, 5) is 11.2. The maximum absolute atomic E-state index is 11.2. The van der Waals surface area contributed by atoms with Gasteiger partial charge in [-0.3, -0.25) is 4.18 Å². The largest absolute Gasteiger partial charge is 1.00 e. The van der Waals surface area contributed by atoms with E-state index in [9.17, 15) is 17.8 Å². The van der Waals surface area contributed by atoms with Gasteiger partial charge < -0.3 is 9.29 Å². The van der Waals surface area contributed by atoms with Crippen molar-refractivity contribution in [1.82, 2.24) is 0 Å². The zero-order chi connectivity index (χ0) is 23.6. The van der Waals surface area contributed by atoms with Crippen molar-refractivity contribution in [1.29, 1.82) is 0 Å². The standard InChI is InChI=1S/C25H40O6S.Na/c1-18-10-11-21-22(9-6-13-24(21,2)3)25(18,4)14-12-19(17-31-32(27,28)29)7-5-8-20-15-23(26)30-16-20;/h9,15,18-19,21H,5-8,10-14,16-17H2,1-4H3,(H,27,28,29);/q;+1/p-1/t18-,19?,21?,25?;/m0./s1. The zero-order valence-corrected chi connectivity index (χ0v) is 23.8. The number of ether oxygens (including phenoxy) is 1. The number of esters is 1. The quantitative estimate of drug-likeness (QED) is 0.153. The molecule has 3 rings (SSSR count). The summed E-state index contributed by atoms with van der Waals surface area (Å²) in [6.45, 7) is 9.78. The number of hydrogen-bond donors (Lipinski definition) is 0. The summed E-state index contributed by atoms with van der Waals surface area (Å²) in [5.41, 5.74) is 2.97. The third-order valence-corrected chi connectivity index (χ3v) is 8.88. The summed E-state index contributed by atoms with van der Waals surface area (Å²) < 4.78 is 42.9. The minimum atomic E-state index is -4.71. The maximum Gasteiger partial charge on any atom is 1.00 e. The van der Waals surface area contributed by atoms with Gasteiger partial charge in [-0.15, -0.1) is 0 Å². The summed E-state index contributed by atoms with van der Waals surface area (Å²) in [7, 11) is -4.71. The molecule has 8 heteroatoms. The molecule has 3 unspecified atom stereocenters.